The summed E-state index contributed by atoms with van der Waals surface area (Å²) in [4.78, 5) is 14.5. The molecule has 6 nitrogen and oxygen atoms in total. The maximum absolute atomic E-state index is 12.2. The van der Waals surface area contributed by atoms with Crippen LogP contribution in [0.25, 0.3) is 6.08 Å². The van der Waals surface area contributed by atoms with Crippen molar-refractivity contribution >= 4 is 27.7 Å². The number of carbonyl (C=O) groups is 1. The van der Waals surface area contributed by atoms with Crippen LogP contribution in [0.4, 0.5) is 5.69 Å². The summed E-state index contributed by atoms with van der Waals surface area (Å²) in [7, 11) is -3.63. The van der Waals surface area contributed by atoms with Crippen molar-refractivity contribution in [3.8, 4) is 0 Å². The predicted octanol–water partition coefficient (Wildman–Crippen LogP) is 2.92. The van der Waals surface area contributed by atoms with E-state index in [1.165, 1.54) is 18.9 Å². The van der Waals surface area contributed by atoms with E-state index in [0.29, 0.717) is 17.8 Å². The second-order valence-corrected chi connectivity index (χ2v) is 8.31. The molecule has 7 heteroatoms. The molecule has 1 aliphatic heterocycles. The minimum atomic E-state index is -3.63. The first-order valence-electron chi connectivity index (χ1n) is 9.38. The van der Waals surface area contributed by atoms with E-state index >= 15 is 0 Å². The van der Waals surface area contributed by atoms with E-state index in [0.717, 1.165) is 30.6 Å². The summed E-state index contributed by atoms with van der Waals surface area (Å²) < 4.78 is 26.8. The van der Waals surface area contributed by atoms with E-state index in [1.807, 2.05) is 30.3 Å². The third-order valence-electron chi connectivity index (χ3n) is 4.56. The Kier molecular flexibility index (Phi) is 6.84. The first-order valence-corrected chi connectivity index (χ1v) is 10.9. The Labute approximate surface area is 166 Å². The van der Waals surface area contributed by atoms with Crippen molar-refractivity contribution in [1.29, 1.82) is 0 Å². The lowest BCUT2D eigenvalue weighted by atomic mass is 10.2. The molecule has 0 radical (unpaired) electrons. The van der Waals surface area contributed by atoms with Gasteiger partial charge in [0.15, 0.2) is 0 Å². The molecular weight excluding hydrogens is 374 g/mol. The molecule has 3 rings (SSSR count). The standard InChI is InChI=1S/C21H25N3O3S/c25-21(22-13-16-24-14-4-5-15-24)19-8-10-20(11-9-19)23-28(26,27)17-12-18-6-2-1-3-7-18/h1-3,6-12,17,23H,4-5,13-16H2,(H,22,25)/b17-12+. The third kappa shape index (κ3) is 6.21. The molecule has 0 atom stereocenters. The summed E-state index contributed by atoms with van der Waals surface area (Å²) in [6, 6.07) is 15.6. The fourth-order valence-electron chi connectivity index (χ4n) is 3.06. The van der Waals surface area contributed by atoms with Crippen molar-refractivity contribution in [3.63, 3.8) is 0 Å². The van der Waals surface area contributed by atoms with Crippen LogP contribution < -0.4 is 10.0 Å². The van der Waals surface area contributed by atoms with Crippen molar-refractivity contribution in [1.82, 2.24) is 10.2 Å². The zero-order valence-electron chi connectivity index (χ0n) is 15.7. The summed E-state index contributed by atoms with van der Waals surface area (Å²) in [5.74, 6) is -0.155. The smallest absolute Gasteiger partial charge is 0.255 e. The molecule has 0 unspecified atom stereocenters. The number of benzene rings is 2. The summed E-state index contributed by atoms with van der Waals surface area (Å²) in [6.45, 7) is 3.67. The van der Waals surface area contributed by atoms with Gasteiger partial charge in [-0.05, 0) is 61.8 Å². The number of rotatable bonds is 8. The molecule has 1 amide bonds. The maximum Gasteiger partial charge on any atom is 0.255 e. The first kappa shape index (κ1) is 20.1. The van der Waals surface area contributed by atoms with Crippen LogP contribution in [0.15, 0.2) is 60.0 Å². The largest absolute Gasteiger partial charge is 0.351 e. The highest BCUT2D eigenvalue weighted by atomic mass is 32.2. The molecule has 1 aliphatic rings. The van der Waals surface area contributed by atoms with Crippen LogP contribution in [-0.2, 0) is 10.0 Å². The lowest BCUT2D eigenvalue weighted by Gasteiger charge is -2.14. The molecule has 0 saturated carbocycles. The Morgan fingerprint density at radius 1 is 1.00 bits per heavy atom. The van der Waals surface area contributed by atoms with Crippen molar-refractivity contribution in [2.45, 2.75) is 12.8 Å². The number of hydrogen-bond acceptors (Lipinski definition) is 4. The van der Waals surface area contributed by atoms with Gasteiger partial charge < -0.3 is 10.2 Å². The molecule has 1 fully saturated rings. The fourth-order valence-corrected chi connectivity index (χ4v) is 3.93. The zero-order valence-corrected chi connectivity index (χ0v) is 16.5. The average Bonchev–Trinajstić information content (AvgIpc) is 3.21. The third-order valence-corrected chi connectivity index (χ3v) is 5.57. The minimum Gasteiger partial charge on any atom is -0.351 e. The van der Waals surface area contributed by atoms with Gasteiger partial charge in [-0.1, -0.05) is 30.3 Å². The number of likely N-dealkylation sites (tertiary alicyclic amines) is 1. The normalized spacial score (nSPS) is 15.0. The number of amides is 1. The summed E-state index contributed by atoms with van der Waals surface area (Å²) >= 11 is 0. The number of hydrogen-bond donors (Lipinski definition) is 2. The molecule has 2 aromatic carbocycles. The van der Waals surface area contributed by atoms with E-state index in [1.54, 1.807) is 24.3 Å². The number of sulfonamides is 1. The van der Waals surface area contributed by atoms with Crippen molar-refractivity contribution in [3.05, 3.63) is 71.1 Å². The second-order valence-electron chi connectivity index (χ2n) is 6.74. The van der Waals surface area contributed by atoms with Crippen molar-refractivity contribution in [2.24, 2.45) is 0 Å². The van der Waals surface area contributed by atoms with Crippen LogP contribution in [0.2, 0.25) is 0 Å². The molecule has 0 bridgehead atoms. The summed E-state index contributed by atoms with van der Waals surface area (Å²) in [5, 5.41) is 4.03. The first-order chi connectivity index (χ1) is 13.5. The fraction of sp³-hybridized carbons (Fsp3) is 0.286. The highest BCUT2D eigenvalue weighted by Gasteiger charge is 2.12. The van der Waals surface area contributed by atoms with Gasteiger partial charge in [-0.15, -0.1) is 0 Å². The number of nitrogens with one attached hydrogen (secondary N) is 2. The van der Waals surface area contributed by atoms with E-state index in [9.17, 15) is 13.2 Å². The molecule has 148 valence electrons. The molecule has 1 saturated heterocycles. The second kappa shape index (κ2) is 9.52. The molecule has 1 heterocycles. The number of carbonyl (C=O) groups excluding carboxylic acids is 1. The van der Waals surface area contributed by atoms with Gasteiger partial charge >= 0.3 is 0 Å². The van der Waals surface area contributed by atoms with Gasteiger partial charge in [0.2, 0.25) is 0 Å². The predicted molar refractivity (Wildman–Crippen MR) is 112 cm³/mol. The Bertz CT molecular complexity index is 904. The SMILES string of the molecule is O=C(NCCN1CCCC1)c1ccc(NS(=O)(=O)/C=C/c2ccccc2)cc1. The average molecular weight is 400 g/mol. The summed E-state index contributed by atoms with van der Waals surface area (Å²) in [5.41, 5.74) is 1.71. The van der Waals surface area contributed by atoms with Crippen LogP contribution in [0.3, 0.4) is 0 Å². The van der Waals surface area contributed by atoms with Gasteiger partial charge in [-0.3, -0.25) is 9.52 Å². The molecule has 28 heavy (non-hydrogen) atoms. The van der Waals surface area contributed by atoms with Gasteiger partial charge in [0, 0.05) is 24.3 Å². The van der Waals surface area contributed by atoms with E-state index < -0.39 is 10.0 Å². The number of nitrogens with zero attached hydrogens (tertiary/aromatic N) is 1. The zero-order chi connectivity index (χ0) is 19.8. The maximum atomic E-state index is 12.2. The summed E-state index contributed by atoms with van der Waals surface area (Å²) in [6.07, 6.45) is 3.99. The molecule has 2 aromatic rings. The highest BCUT2D eigenvalue weighted by Crippen LogP contribution is 2.13. The number of anilines is 1. The van der Waals surface area contributed by atoms with Crippen LogP contribution in [0.1, 0.15) is 28.8 Å². The van der Waals surface area contributed by atoms with Gasteiger partial charge in [-0.2, -0.15) is 0 Å². The van der Waals surface area contributed by atoms with E-state index in [-0.39, 0.29) is 5.91 Å². The van der Waals surface area contributed by atoms with Crippen LogP contribution in [-0.4, -0.2) is 45.4 Å². The topological polar surface area (TPSA) is 78.5 Å². The van der Waals surface area contributed by atoms with Crippen LogP contribution in [0, 0.1) is 0 Å². The Balaban J connectivity index is 1.51. The van der Waals surface area contributed by atoms with Gasteiger partial charge in [0.25, 0.3) is 15.9 Å². The Hall–Kier alpha value is -2.64. The van der Waals surface area contributed by atoms with Crippen molar-refractivity contribution < 1.29 is 13.2 Å². The van der Waals surface area contributed by atoms with Crippen molar-refractivity contribution in [2.75, 3.05) is 30.9 Å². The lowest BCUT2D eigenvalue weighted by Crippen LogP contribution is -2.33. The lowest BCUT2D eigenvalue weighted by molar-refractivity contribution is 0.0950. The molecule has 0 aliphatic carbocycles. The molecule has 0 aromatic heterocycles. The minimum absolute atomic E-state index is 0.155. The van der Waals surface area contributed by atoms with Gasteiger partial charge in [0.05, 0.1) is 5.41 Å². The van der Waals surface area contributed by atoms with E-state index in [4.69, 9.17) is 0 Å². The monoisotopic (exact) mass is 399 g/mol. The molecule has 0 spiro atoms. The molecule has 2 N–H and O–H groups in total. The highest BCUT2D eigenvalue weighted by molar-refractivity contribution is 7.95. The quantitative estimate of drug-likeness (QED) is 0.715. The van der Waals surface area contributed by atoms with Crippen LogP contribution >= 0.6 is 0 Å². The Morgan fingerprint density at radius 3 is 2.36 bits per heavy atom. The Morgan fingerprint density at radius 2 is 1.68 bits per heavy atom. The van der Waals surface area contributed by atoms with Crippen LogP contribution in [0.5, 0.6) is 0 Å². The van der Waals surface area contributed by atoms with Gasteiger partial charge in [0.1, 0.15) is 0 Å². The molecular formula is C21H25N3O3S. The van der Waals surface area contributed by atoms with E-state index in [2.05, 4.69) is 14.9 Å². The van der Waals surface area contributed by atoms with Gasteiger partial charge in [-0.25, -0.2) is 8.42 Å².